The molecule has 0 bridgehead atoms. The Labute approximate surface area is 85.2 Å². The molecule has 0 spiro atoms. The van der Waals surface area contributed by atoms with E-state index in [0.717, 1.165) is 6.54 Å². The van der Waals surface area contributed by atoms with E-state index in [1.807, 2.05) is 11.8 Å². The molecular formula is C10H19NO3. The van der Waals surface area contributed by atoms with E-state index in [9.17, 15) is 4.79 Å². The van der Waals surface area contributed by atoms with Crippen LogP contribution in [0, 0.1) is 0 Å². The molecule has 0 aliphatic rings. The minimum absolute atomic E-state index is 0.136. The number of aliphatic hydroxyl groups is 1. The van der Waals surface area contributed by atoms with Crippen LogP contribution >= 0.6 is 0 Å². The monoisotopic (exact) mass is 201 g/mol. The minimum Gasteiger partial charge on any atom is -0.461 e. The van der Waals surface area contributed by atoms with Gasteiger partial charge < -0.3 is 9.84 Å². The smallest absolute Gasteiger partial charge is 0.330 e. The second kappa shape index (κ2) is 8.72. The predicted molar refractivity (Wildman–Crippen MR) is 55.0 cm³/mol. The lowest BCUT2D eigenvalue weighted by Crippen LogP contribution is -2.30. The zero-order chi connectivity index (χ0) is 10.8. The zero-order valence-electron chi connectivity index (χ0n) is 8.90. The summed E-state index contributed by atoms with van der Waals surface area (Å²) in [5.74, 6) is -0.312. The number of rotatable bonds is 7. The number of likely N-dealkylation sites (N-methyl/N-ethyl adjacent to an activating group) is 1. The van der Waals surface area contributed by atoms with Crippen LogP contribution in [-0.2, 0) is 9.53 Å². The molecule has 4 nitrogen and oxygen atoms in total. The maximum absolute atomic E-state index is 10.9. The Morgan fingerprint density at radius 3 is 2.71 bits per heavy atom. The lowest BCUT2D eigenvalue weighted by atomic mass is 10.4. The van der Waals surface area contributed by atoms with Crippen molar-refractivity contribution >= 4 is 5.97 Å². The number of carbonyl (C=O) groups excluding carboxylic acids is 1. The number of nitrogens with zero attached hydrogens (tertiary/aromatic N) is 1. The van der Waals surface area contributed by atoms with Gasteiger partial charge in [-0.3, -0.25) is 4.90 Å². The number of esters is 1. The molecule has 82 valence electrons. The molecular weight excluding hydrogens is 182 g/mol. The van der Waals surface area contributed by atoms with Crippen molar-refractivity contribution in [2.24, 2.45) is 0 Å². The van der Waals surface area contributed by atoms with Crippen molar-refractivity contribution in [2.75, 3.05) is 32.8 Å². The van der Waals surface area contributed by atoms with Crippen LogP contribution in [0.15, 0.2) is 12.2 Å². The molecule has 0 unspecified atom stereocenters. The average Bonchev–Trinajstić information content (AvgIpc) is 2.17. The van der Waals surface area contributed by atoms with Crippen molar-refractivity contribution in [3.63, 3.8) is 0 Å². The Morgan fingerprint density at radius 2 is 2.21 bits per heavy atom. The summed E-state index contributed by atoms with van der Waals surface area (Å²) in [5, 5.41) is 8.70. The van der Waals surface area contributed by atoms with Gasteiger partial charge in [-0.05, 0) is 13.5 Å². The summed E-state index contributed by atoms with van der Waals surface area (Å²) in [6.45, 7) is 6.42. The molecule has 4 heteroatoms. The van der Waals surface area contributed by atoms with Gasteiger partial charge in [0.25, 0.3) is 0 Å². The van der Waals surface area contributed by atoms with E-state index in [0.29, 0.717) is 19.7 Å². The molecule has 0 aromatic heterocycles. The fourth-order valence-corrected chi connectivity index (χ4v) is 1.03. The molecule has 0 aliphatic heterocycles. The molecule has 1 N–H and O–H groups in total. The van der Waals surface area contributed by atoms with E-state index >= 15 is 0 Å². The van der Waals surface area contributed by atoms with Gasteiger partial charge in [-0.25, -0.2) is 4.79 Å². The molecule has 0 heterocycles. The summed E-state index contributed by atoms with van der Waals surface area (Å²) in [6.07, 6.45) is 3.04. The molecule has 0 atom stereocenters. The van der Waals surface area contributed by atoms with Gasteiger partial charge in [0.1, 0.15) is 6.61 Å². The number of carbonyl (C=O) groups is 1. The van der Waals surface area contributed by atoms with Crippen molar-refractivity contribution in [3.05, 3.63) is 12.2 Å². The SMILES string of the molecule is C/C=C/C(=O)OCCN(CC)CCO. The fraction of sp³-hybridized carbons (Fsp3) is 0.700. The number of aliphatic hydroxyl groups excluding tert-OH is 1. The normalized spacial score (nSPS) is 11.1. The lowest BCUT2D eigenvalue weighted by Gasteiger charge is -2.18. The summed E-state index contributed by atoms with van der Waals surface area (Å²) in [7, 11) is 0. The highest BCUT2D eigenvalue weighted by atomic mass is 16.5. The predicted octanol–water partition coefficient (Wildman–Crippen LogP) is 0.420. The van der Waals surface area contributed by atoms with Crippen LogP contribution in [0.2, 0.25) is 0 Å². The lowest BCUT2D eigenvalue weighted by molar-refractivity contribution is -0.138. The first-order valence-electron chi connectivity index (χ1n) is 4.87. The van der Waals surface area contributed by atoms with Crippen molar-refractivity contribution in [2.45, 2.75) is 13.8 Å². The number of hydrogen-bond donors (Lipinski definition) is 1. The highest BCUT2D eigenvalue weighted by Gasteiger charge is 2.02. The molecule has 0 fully saturated rings. The maximum Gasteiger partial charge on any atom is 0.330 e. The highest BCUT2D eigenvalue weighted by Crippen LogP contribution is 1.88. The van der Waals surface area contributed by atoms with E-state index in [1.165, 1.54) is 6.08 Å². The van der Waals surface area contributed by atoms with E-state index in [-0.39, 0.29) is 12.6 Å². The summed E-state index contributed by atoms with van der Waals surface area (Å²) < 4.78 is 4.91. The van der Waals surface area contributed by atoms with E-state index in [2.05, 4.69) is 0 Å². The third kappa shape index (κ3) is 6.62. The van der Waals surface area contributed by atoms with Crippen LogP contribution in [0.4, 0.5) is 0 Å². The summed E-state index contributed by atoms with van der Waals surface area (Å²) in [4.78, 5) is 12.9. The van der Waals surface area contributed by atoms with E-state index in [1.54, 1.807) is 13.0 Å². The summed E-state index contributed by atoms with van der Waals surface area (Å²) >= 11 is 0. The second-order valence-corrected chi connectivity index (χ2v) is 2.83. The van der Waals surface area contributed by atoms with Gasteiger partial charge >= 0.3 is 5.97 Å². The largest absolute Gasteiger partial charge is 0.461 e. The first kappa shape index (κ1) is 13.1. The van der Waals surface area contributed by atoms with Crippen LogP contribution in [-0.4, -0.2) is 48.8 Å². The van der Waals surface area contributed by atoms with Crippen molar-refractivity contribution in [1.29, 1.82) is 0 Å². The average molecular weight is 201 g/mol. The first-order valence-corrected chi connectivity index (χ1v) is 4.87. The molecule has 0 aromatic rings. The third-order valence-electron chi connectivity index (χ3n) is 1.82. The van der Waals surface area contributed by atoms with Gasteiger partial charge in [0.2, 0.25) is 0 Å². The molecule has 0 saturated carbocycles. The first-order chi connectivity index (χ1) is 6.74. The second-order valence-electron chi connectivity index (χ2n) is 2.83. The maximum atomic E-state index is 10.9. The Kier molecular flexibility index (Phi) is 8.17. The van der Waals surface area contributed by atoms with Crippen LogP contribution < -0.4 is 0 Å². The van der Waals surface area contributed by atoms with E-state index < -0.39 is 0 Å². The minimum atomic E-state index is -0.312. The molecule has 0 aliphatic carbocycles. The molecule has 0 saturated heterocycles. The molecule has 0 rings (SSSR count). The van der Waals surface area contributed by atoms with Crippen molar-refractivity contribution in [3.8, 4) is 0 Å². The highest BCUT2D eigenvalue weighted by molar-refractivity contribution is 5.81. The summed E-state index contributed by atoms with van der Waals surface area (Å²) in [6, 6.07) is 0. The molecule has 0 amide bonds. The standard InChI is InChI=1S/C10H19NO3/c1-3-5-10(13)14-9-7-11(4-2)6-8-12/h3,5,12H,4,6-9H2,1-2H3/b5-3+. The van der Waals surface area contributed by atoms with Crippen molar-refractivity contribution < 1.29 is 14.6 Å². The van der Waals surface area contributed by atoms with Gasteiger partial charge in [0.05, 0.1) is 6.61 Å². The van der Waals surface area contributed by atoms with Gasteiger partial charge in [-0.1, -0.05) is 13.0 Å². The molecule has 14 heavy (non-hydrogen) atoms. The van der Waals surface area contributed by atoms with Gasteiger partial charge in [0, 0.05) is 19.2 Å². The van der Waals surface area contributed by atoms with Crippen LogP contribution in [0.3, 0.4) is 0 Å². The molecule has 0 radical (unpaired) electrons. The Morgan fingerprint density at radius 1 is 1.50 bits per heavy atom. The molecule has 0 aromatic carbocycles. The Hall–Kier alpha value is -0.870. The summed E-state index contributed by atoms with van der Waals surface area (Å²) in [5.41, 5.74) is 0. The van der Waals surface area contributed by atoms with Crippen molar-refractivity contribution in [1.82, 2.24) is 4.90 Å². The van der Waals surface area contributed by atoms with Crippen LogP contribution in [0.1, 0.15) is 13.8 Å². The Bertz CT molecular complexity index is 180. The van der Waals surface area contributed by atoms with Gasteiger partial charge in [-0.15, -0.1) is 0 Å². The van der Waals surface area contributed by atoms with Gasteiger partial charge in [-0.2, -0.15) is 0 Å². The zero-order valence-corrected chi connectivity index (χ0v) is 8.90. The number of ether oxygens (including phenoxy) is 1. The quantitative estimate of drug-likeness (QED) is 0.479. The van der Waals surface area contributed by atoms with Gasteiger partial charge in [0.15, 0.2) is 0 Å². The van der Waals surface area contributed by atoms with E-state index in [4.69, 9.17) is 9.84 Å². The number of allylic oxidation sites excluding steroid dienone is 1. The van der Waals surface area contributed by atoms with Crippen LogP contribution in [0.25, 0.3) is 0 Å². The topological polar surface area (TPSA) is 49.8 Å². The number of hydrogen-bond acceptors (Lipinski definition) is 4. The van der Waals surface area contributed by atoms with Crippen LogP contribution in [0.5, 0.6) is 0 Å². The third-order valence-corrected chi connectivity index (χ3v) is 1.82. The Balaban J connectivity index is 3.55. The fourth-order valence-electron chi connectivity index (χ4n) is 1.03.